The van der Waals surface area contributed by atoms with Crippen LogP contribution < -0.4 is 11.1 Å². The van der Waals surface area contributed by atoms with Crippen LogP contribution in [-0.2, 0) is 4.79 Å². The standard InChI is InChI=1S/C18H24N2O/c1-18(2,3)12-15(19)11-17(21)20-16-9-8-13-6-4-5-7-14(13)10-16/h4-10,15H,11-12,19H2,1-3H3,(H,20,21). The van der Waals surface area contributed by atoms with Gasteiger partial charge in [-0.25, -0.2) is 0 Å². The maximum Gasteiger partial charge on any atom is 0.225 e. The van der Waals surface area contributed by atoms with E-state index < -0.39 is 0 Å². The van der Waals surface area contributed by atoms with E-state index in [0.29, 0.717) is 6.42 Å². The second-order valence-electron chi connectivity index (χ2n) is 6.84. The normalized spacial score (nSPS) is 13.1. The summed E-state index contributed by atoms with van der Waals surface area (Å²) in [5.74, 6) is -0.0259. The molecule has 0 saturated carbocycles. The van der Waals surface area contributed by atoms with Crippen molar-refractivity contribution in [2.24, 2.45) is 11.1 Å². The van der Waals surface area contributed by atoms with Gasteiger partial charge in [0.05, 0.1) is 0 Å². The predicted molar refractivity (Wildman–Crippen MR) is 89.2 cm³/mol. The highest BCUT2D eigenvalue weighted by Crippen LogP contribution is 2.22. The molecule has 3 N–H and O–H groups in total. The Balaban J connectivity index is 1.98. The molecule has 0 saturated heterocycles. The van der Waals surface area contributed by atoms with Gasteiger partial charge in [-0.15, -0.1) is 0 Å². The molecule has 0 aliphatic rings. The lowest BCUT2D eigenvalue weighted by molar-refractivity contribution is -0.116. The van der Waals surface area contributed by atoms with Crippen LogP contribution in [0.1, 0.15) is 33.6 Å². The van der Waals surface area contributed by atoms with Gasteiger partial charge in [0.1, 0.15) is 0 Å². The van der Waals surface area contributed by atoms with E-state index in [4.69, 9.17) is 5.73 Å². The second kappa shape index (κ2) is 6.27. The van der Waals surface area contributed by atoms with Gasteiger partial charge in [0.25, 0.3) is 0 Å². The van der Waals surface area contributed by atoms with Crippen LogP contribution in [-0.4, -0.2) is 11.9 Å². The van der Waals surface area contributed by atoms with Crippen LogP contribution in [0.3, 0.4) is 0 Å². The average molecular weight is 284 g/mol. The van der Waals surface area contributed by atoms with E-state index in [9.17, 15) is 4.79 Å². The minimum atomic E-state index is -0.106. The quantitative estimate of drug-likeness (QED) is 0.893. The van der Waals surface area contributed by atoms with Crippen LogP contribution >= 0.6 is 0 Å². The van der Waals surface area contributed by atoms with Crippen molar-refractivity contribution in [1.82, 2.24) is 0 Å². The van der Waals surface area contributed by atoms with Crippen LogP contribution in [0, 0.1) is 5.41 Å². The molecule has 0 aliphatic heterocycles. The predicted octanol–water partition coefficient (Wildman–Crippen LogP) is 3.93. The molecule has 2 rings (SSSR count). The highest BCUT2D eigenvalue weighted by molar-refractivity contribution is 5.94. The van der Waals surface area contributed by atoms with Crippen molar-refractivity contribution in [2.75, 3.05) is 5.32 Å². The SMILES string of the molecule is CC(C)(C)CC(N)CC(=O)Nc1ccc2ccccc2c1. The summed E-state index contributed by atoms with van der Waals surface area (Å²) in [5, 5.41) is 5.22. The molecule has 3 nitrogen and oxygen atoms in total. The third-order valence-electron chi connectivity index (χ3n) is 3.36. The van der Waals surface area contributed by atoms with Gasteiger partial charge in [0, 0.05) is 18.2 Å². The fourth-order valence-corrected chi connectivity index (χ4v) is 2.58. The van der Waals surface area contributed by atoms with Crippen LogP contribution in [0.15, 0.2) is 42.5 Å². The monoisotopic (exact) mass is 284 g/mol. The molecular formula is C18H24N2O. The summed E-state index contributed by atoms with van der Waals surface area (Å²) in [6, 6.07) is 13.9. The van der Waals surface area contributed by atoms with E-state index >= 15 is 0 Å². The van der Waals surface area contributed by atoms with Gasteiger partial charge in [-0.1, -0.05) is 51.1 Å². The lowest BCUT2D eigenvalue weighted by atomic mass is 9.87. The number of benzene rings is 2. The molecule has 0 bridgehead atoms. The average Bonchev–Trinajstić information content (AvgIpc) is 2.35. The molecule has 2 aromatic rings. The van der Waals surface area contributed by atoms with Crippen molar-refractivity contribution in [3.8, 4) is 0 Å². The molecule has 0 heterocycles. The highest BCUT2D eigenvalue weighted by atomic mass is 16.1. The maximum atomic E-state index is 12.1. The molecular weight excluding hydrogens is 260 g/mol. The summed E-state index contributed by atoms with van der Waals surface area (Å²) in [4.78, 5) is 12.1. The van der Waals surface area contributed by atoms with Crippen molar-refractivity contribution < 1.29 is 4.79 Å². The highest BCUT2D eigenvalue weighted by Gasteiger charge is 2.18. The zero-order valence-electron chi connectivity index (χ0n) is 13.0. The number of rotatable bonds is 4. The Labute approximate surface area is 126 Å². The lowest BCUT2D eigenvalue weighted by Crippen LogP contribution is -2.31. The Morgan fingerprint density at radius 2 is 1.81 bits per heavy atom. The van der Waals surface area contributed by atoms with Gasteiger partial charge in [-0.05, 0) is 34.7 Å². The molecule has 0 spiro atoms. The first-order valence-electron chi connectivity index (χ1n) is 7.38. The van der Waals surface area contributed by atoms with E-state index in [1.807, 2.05) is 36.4 Å². The first-order valence-corrected chi connectivity index (χ1v) is 7.38. The smallest absolute Gasteiger partial charge is 0.225 e. The van der Waals surface area contributed by atoms with Gasteiger partial charge in [-0.3, -0.25) is 4.79 Å². The molecule has 1 atom stereocenters. The first-order chi connectivity index (χ1) is 9.83. The molecule has 2 aromatic carbocycles. The molecule has 0 fully saturated rings. The number of carbonyl (C=O) groups excluding carboxylic acids is 1. The lowest BCUT2D eigenvalue weighted by Gasteiger charge is -2.22. The van der Waals surface area contributed by atoms with E-state index in [0.717, 1.165) is 17.5 Å². The number of nitrogens with two attached hydrogens (primary N) is 1. The number of anilines is 1. The summed E-state index contributed by atoms with van der Waals surface area (Å²) < 4.78 is 0. The largest absolute Gasteiger partial charge is 0.327 e. The number of fused-ring (bicyclic) bond motifs is 1. The Morgan fingerprint density at radius 3 is 2.48 bits per heavy atom. The third kappa shape index (κ3) is 4.87. The molecule has 3 heteroatoms. The molecule has 112 valence electrons. The Hall–Kier alpha value is -1.87. The second-order valence-corrected chi connectivity index (χ2v) is 6.84. The number of nitrogens with one attached hydrogen (secondary N) is 1. The van der Waals surface area contributed by atoms with Crippen molar-refractivity contribution in [3.63, 3.8) is 0 Å². The maximum absolute atomic E-state index is 12.1. The molecule has 1 unspecified atom stereocenters. The van der Waals surface area contributed by atoms with E-state index in [-0.39, 0.29) is 17.4 Å². The first kappa shape index (κ1) is 15.5. The Bertz CT molecular complexity index is 628. The van der Waals surface area contributed by atoms with Crippen LogP contribution in [0.2, 0.25) is 0 Å². The summed E-state index contributed by atoms with van der Waals surface area (Å²) in [6.07, 6.45) is 1.18. The van der Waals surface area contributed by atoms with E-state index in [2.05, 4.69) is 32.2 Å². The third-order valence-corrected chi connectivity index (χ3v) is 3.36. The van der Waals surface area contributed by atoms with Gasteiger partial charge in [0.2, 0.25) is 5.91 Å². The minimum Gasteiger partial charge on any atom is -0.327 e. The van der Waals surface area contributed by atoms with Crippen LogP contribution in [0.25, 0.3) is 10.8 Å². The van der Waals surface area contributed by atoms with Crippen molar-refractivity contribution >= 4 is 22.4 Å². The molecule has 21 heavy (non-hydrogen) atoms. The van der Waals surface area contributed by atoms with Crippen molar-refractivity contribution in [3.05, 3.63) is 42.5 Å². The molecule has 1 amide bonds. The van der Waals surface area contributed by atoms with Crippen molar-refractivity contribution in [2.45, 2.75) is 39.7 Å². The van der Waals surface area contributed by atoms with Gasteiger partial charge in [0.15, 0.2) is 0 Å². The Kier molecular flexibility index (Phi) is 4.63. The van der Waals surface area contributed by atoms with Crippen molar-refractivity contribution in [1.29, 1.82) is 0 Å². The van der Waals surface area contributed by atoms with E-state index in [1.54, 1.807) is 0 Å². The van der Waals surface area contributed by atoms with E-state index in [1.165, 1.54) is 5.39 Å². The summed E-state index contributed by atoms with van der Waals surface area (Å²) >= 11 is 0. The number of carbonyl (C=O) groups is 1. The molecule has 0 aromatic heterocycles. The zero-order valence-corrected chi connectivity index (χ0v) is 13.0. The summed E-state index contributed by atoms with van der Waals surface area (Å²) in [5.41, 5.74) is 7.01. The molecule has 0 aliphatic carbocycles. The number of amides is 1. The van der Waals surface area contributed by atoms with Crippen LogP contribution in [0.4, 0.5) is 5.69 Å². The van der Waals surface area contributed by atoms with Gasteiger partial charge in [-0.2, -0.15) is 0 Å². The van der Waals surface area contributed by atoms with Crippen LogP contribution in [0.5, 0.6) is 0 Å². The topological polar surface area (TPSA) is 55.1 Å². The summed E-state index contributed by atoms with van der Waals surface area (Å²) in [7, 11) is 0. The number of hydrogen-bond acceptors (Lipinski definition) is 2. The number of hydrogen-bond donors (Lipinski definition) is 2. The minimum absolute atomic E-state index is 0.0259. The molecule has 0 radical (unpaired) electrons. The summed E-state index contributed by atoms with van der Waals surface area (Å²) in [6.45, 7) is 6.40. The van der Waals surface area contributed by atoms with Gasteiger partial charge < -0.3 is 11.1 Å². The van der Waals surface area contributed by atoms with Gasteiger partial charge >= 0.3 is 0 Å². The Morgan fingerprint density at radius 1 is 1.14 bits per heavy atom. The fraction of sp³-hybridized carbons (Fsp3) is 0.389. The zero-order chi connectivity index (χ0) is 15.5. The fourth-order valence-electron chi connectivity index (χ4n) is 2.58.